The molecule has 1 aromatic rings. The van der Waals surface area contributed by atoms with Gasteiger partial charge in [0.25, 0.3) is 0 Å². The van der Waals surface area contributed by atoms with Gasteiger partial charge in [0.15, 0.2) is 0 Å². The third kappa shape index (κ3) is 4.89. The minimum atomic E-state index is -1.45. The largest absolute Gasteiger partial charge is 0.480 e. The van der Waals surface area contributed by atoms with E-state index in [9.17, 15) is 24.5 Å². The normalized spacial score (nSPS) is 11.5. The van der Waals surface area contributed by atoms with Crippen molar-refractivity contribution in [2.24, 2.45) is 0 Å². The summed E-state index contributed by atoms with van der Waals surface area (Å²) in [7, 11) is 1.09. The maximum atomic E-state index is 11.6. The lowest BCUT2D eigenvalue weighted by atomic mass is 10.2. The summed E-state index contributed by atoms with van der Waals surface area (Å²) in [5, 5.41) is 24.9. The molecule has 114 valence electrons. The molecule has 0 saturated heterocycles. The molecular weight excluding hydrogens is 288 g/mol. The number of amides is 1. The van der Waals surface area contributed by atoms with Gasteiger partial charge in [-0.1, -0.05) is 0 Å². The fourth-order valence-electron chi connectivity index (χ4n) is 1.37. The summed E-state index contributed by atoms with van der Waals surface area (Å²) in [5.41, 5.74) is 0. The maximum Gasteiger partial charge on any atom is 0.389 e. The number of aromatic nitrogens is 2. The Hall–Kier alpha value is -2.98. The number of carboxylic acids is 1. The molecule has 0 fully saturated rings. The van der Waals surface area contributed by atoms with Crippen LogP contribution in [-0.4, -0.2) is 50.8 Å². The molecule has 2 N–H and O–H groups in total. The van der Waals surface area contributed by atoms with Crippen LogP contribution in [0.2, 0.25) is 0 Å². The number of ether oxygens (including phenoxy) is 1. The second-order valence-corrected chi connectivity index (χ2v) is 3.87. The fourth-order valence-corrected chi connectivity index (χ4v) is 1.37. The molecule has 1 amide bonds. The molecule has 0 aliphatic carbocycles. The number of hydrogen-bond donors (Lipinski definition) is 2. The molecule has 21 heavy (non-hydrogen) atoms. The number of carbonyl (C=O) groups is 3. The lowest BCUT2D eigenvalue weighted by Gasteiger charge is -2.12. The van der Waals surface area contributed by atoms with Crippen LogP contribution in [0.4, 0.5) is 5.82 Å². The summed E-state index contributed by atoms with van der Waals surface area (Å²) in [6.07, 6.45) is 0.671. The summed E-state index contributed by atoms with van der Waals surface area (Å²) in [5.74, 6) is -3.39. The van der Waals surface area contributed by atoms with Crippen molar-refractivity contribution in [2.45, 2.75) is 19.0 Å². The molecule has 0 saturated carbocycles. The van der Waals surface area contributed by atoms with Gasteiger partial charge < -0.3 is 25.3 Å². The van der Waals surface area contributed by atoms with Crippen LogP contribution in [0.1, 0.15) is 6.42 Å². The Morgan fingerprint density at radius 2 is 2.24 bits per heavy atom. The van der Waals surface area contributed by atoms with E-state index in [-0.39, 0.29) is 0 Å². The van der Waals surface area contributed by atoms with E-state index in [1.54, 1.807) is 0 Å². The summed E-state index contributed by atoms with van der Waals surface area (Å²) in [6, 6.07) is -0.355. The molecule has 1 atom stereocenters. The highest BCUT2D eigenvalue weighted by Gasteiger charge is 2.24. The number of nitrogens with zero attached hydrogens (tertiary/aromatic N) is 3. The number of carboxylic acid groups (broad SMARTS) is 1. The number of rotatable bonds is 7. The molecule has 0 aromatic carbocycles. The van der Waals surface area contributed by atoms with Crippen LogP contribution in [-0.2, 0) is 25.7 Å². The molecule has 11 heteroatoms. The van der Waals surface area contributed by atoms with Crippen molar-refractivity contribution in [3.05, 3.63) is 22.4 Å². The minimum Gasteiger partial charge on any atom is -0.480 e. The van der Waals surface area contributed by atoms with E-state index in [0.717, 1.165) is 17.9 Å². The summed E-state index contributed by atoms with van der Waals surface area (Å²) < 4.78 is 5.29. The monoisotopic (exact) mass is 300 g/mol. The van der Waals surface area contributed by atoms with E-state index < -0.39 is 47.6 Å². The first-order valence-corrected chi connectivity index (χ1v) is 5.60. The first kappa shape index (κ1) is 16.1. The zero-order valence-corrected chi connectivity index (χ0v) is 10.9. The number of esters is 1. The molecule has 0 aliphatic heterocycles. The van der Waals surface area contributed by atoms with Gasteiger partial charge in [-0.05, 0) is 4.92 Å². The quantitative estimate of drug-likeness (QED) is 0.366. The minimum absolute atomic E-state index is 0.418. The Morgan fingerprint density at radius 1 is 1.57 bits per heavy atom. The second kappa shape index (κ2) is 6.98. The summed E-state index contributed by atoms with van der Waals surface area (Å²) >= 11 is 0. The topological polar surface area (TPSA) is 154 Å². The second-order valence-electron chi connectivity index (χ2n) is 3.87. The van der Waals surface area contributed by atoms with Crippen LogP contribution in [0.3, 0.4) is 0 Å². The van der Waals surface area contributed by atoms with Gasteiger partial charge in [0.1, 0.15) is 12.6 Å². The van der Waals surface area contributed by atoms with Gasteiger partial charge in [-0.2, -0.15) is 4.68 Å². The Labute approximate surface area is 117 Å². The van der Waals surface area contributed by atoms with E-state index >= 15 is 0 Å². The maximum absolute atomic E-state index is 11.6. The smallest absolute Gasteiger partial charge is 0.389 e. The number of nitro groups is 1. The molecule has 0 unspecified atom stereocenters. The first-order valence-electron chi connectivity index (χ1n) is 5.60. The standard InChI is InChI=1S/C10H12N4O7/c1-21-9(16)4-6(10(17)18)11-8(15)5-13-3-2-7(12-13)14(19)20/h2-3,6H,4-5H2,1H3,(H,11,15)(H,17,18)/t6-/m0/s1. The van der Waals surface area contributed by atoms with Gasteiger partial charge >= 0.3 is 17.8 Å². The predicted molar refractivity (Wildman–Crippen MR) is 65.1 cm³/mol. The fraction of sp³-hybridized carbons (Fsp3) is 0.400. The summed E-state index contributed by atoms with van der Waals surface area (Å²) in [6.45, 7) is -0.418. The van der Waals surface area contributed by atoms with Crippen molar-refractivity contribution < 1.29 is 29.2 Å². The Kier molecular flexibility index (Phi) is 5.34. The molecule has 1 heterocycles. The molecular formula is C10H12N4O7. The third-order valence-corrected chi connectivity index (χ3v) is 2.35. The highest BCUT2D eigenvalue weighted by Crippen LogP contribution is 2.05. The number of aliphatic carboxylic acids is 1. The summed E-state index contributed by atoms with van der Waals surface area (Å²) in [4.78, 5) is 43.2. The van der Waals surface area contributed by atoms with Crippen LogP contribution in [0, 0.1) is 10.1 Å². The van der Waals surface area contributed by atoms with Crippen LogP contribution < -0.4 is 5.32 Å². The van der Waals surface area contributed by atoms with Gasteiger partial charge in [-0.15, -0.1) is 0 Å². The third-order valence-electron chi connectivity index (χ3n) is 2.35. The van der Waals surface area contributed by atoms with Gasteiger partial charge in [0.05, 0.1) is 30.9 Å². The lowest BCUT2D eigenvalue weighted by molar-refractivity contribution is -0.389. The first-order chi connectivity index (χ1) is 9.83. The molecule has 0 bridgehead atoms. The van der Waals surface area contributed by atoms with Gasteiger partial charge in [-0.3, -0.25) is 9.59 Å². The van der Waals surface area contributed by atoms with Gasteiger partial charge in [0, 0.05) is 0 Å². The van der Waals surface area contributed by atoms with Crippen LogP contribution in [0.25, 0.3) is 0 Å². The zero-order chi connectivity index (χ0) is 16.0. The number of nitrogens with one attached hydrogen (secondary N) is 1. The molecule has 0 spiro atoms. The van der Waals surface area contributed by atoms with Crippen LogP contribution in [0.5, 0.6) is 0 Å². The Morgan fingerprint density at radius 3 is 2.71 bits per heavy atom. The average molecular weight is 300 g/mol. The van der Waals surface area contributed by atoms with E-state index in [0.29, 0.717) is 0 Å². The molecule has 1 rings (SSSR count). The zero-order valence-electron chi connectivity index (χ0n) is 10.9. The number of carbonyl (C=O) groups excluding carboxylic acids is 2. The van der Waals surface area contributed by atoms with Crippen molar-refractivity contribution in [3.8, 4) is 0 Å². The number of hydrogen-bond acceptors (Lipinski definition) is 7. The number of methoxy groups -OCH3 is 1. The van der Waals surface area contributed by atoms with Crippen molar-refractivity contribution in [2.75, 3.05) is 7.11 Å². The average Bonchev–Trinajstić information content (AvgIpc) is 2.86. The van der Waals surface area contributed by atoms with Crippen molar-refractivity contribution in [1.82, 2.24) is 15.1 Å². The van der Waals surface area contributed by atoms with Gasteiger partial charge in [-0.25, -0.2) is 4.79 Å². The highest BCUT2D eigenvalue weighted by atomic mass is 16.6. The van der Waals surface area contributed by atoms with E-state index in [1.807, 2.05) is 0 Å². The van der Waals surface area contributed by atoms with Crippen LogP contribution in [0.15, 0.2) is 12.3 Å². The van der Waals surface area contributed by atoms with Crippen molar-refractivity contribution in [1.29, 1.82) is 0 Å². The molecule has 0 aliphatic rings. The highest BCUT2D eigenvalue weighted by molar-refractivity contribution is 5.87. The van der Waals surface area contributed by atoms with Crippen LogP contribution >= 0.6 is 0 Å². The van der Waals surface area contributed by atoms with Gasteiger partial charge in [0.2, 0.25) is 5.91 Å². The van der Waals surface area contributed by atoms with E-state index in [4.69, 9.17) is 5.11 Å². The molecule has 11 nitrogen and oxygen atoms in total. The lowest BCUT2D eigenvalue weighted by Crippen LogP contribution is -2.43. The van der Waals surface area contributed by atoms with Crippen molar-refractivity contribution in [3.63, 3.8) is 0 Å². The van der Waals surface area contributed by atoms with E-state index in [1.165, 1.54) is 6.20 Å². The molecule has 1 aromatic heterocycles. The predicted octanol–water partition coefficient (Wildman–Crippen LogP) is -1.08. The molecule has 0 radical (unpaired) electrons. The van der Waals surface area contributed by atoms with Crippen molar-refractivity contribution >= 4 is 23.7 Å². The SMILES string of the molecule is COC(=O)C[C@H](NC(=O)Cn1ccc([N+](=O)[O-])n1)C(=O)O. The Bertz CT molecular complexity index is 568. The Balaban J connectivity index is 2.62. The van der Waals surface area contributed by atoms with E-state index in [2.05, 4.69) is 15.2 Å².